The van der Waals surface area contributed by atoms with Crippen molar-refractivity contribution in [3.8, 4) is 6.07 Å². The molecular formula is C21H22N6O4. The summed E-state index contributed by atoms with van der Waals surface area (Å²) in [7, 11) is 0. The van der Waals surface area contributed by atoms with Gasteiger partial charge in [-0.25, -0.2) is 4.98 Å². The Kier molecular flexibility index (Phi) is 6.45. The molecule has 160 valence electrons. The van der Waals surface area contributed by atoms with E-state index in [4.69, 9.17) is 11.0 Å². The highest BCUT2D eigenvalue weighted by Crippen LogP contribution is 2.31. The average Bonchev–Trinajstić information content (AvgIpc) is 3.56. The molecule has 0 saturated heterocycles. The summed E-state index contributed by atoms with van der Waals surface area (Å²) in [5, 5.41) is 14.4. The van der Waals surface area contributed by atoms with Gasteiger partial charge in [0.15, 0.2) is 0 Å². The Labute approximate surface area is 178 Å². The van der Waals surface area contributed by atoms with Gasteiger partial charge in [-0.3, -0.25) is 23.7 Å². The highest BCUT2D eigenvalue weighted by molar-refractivity contribution is 5.95. The molecule has 1 aromatic heterocycles. The molecule has 0 radical (unpaired) electrons. The van der Waals surface area contributed by atoms with E-state index in [2.05, 4.69) is 21.7 Å². The van der Waals surface area contributed by atoms with Gasteiger partial charge in [0.25, 0.3) is 5.56 Å². The molecular weight excluding hydrogens is 400 g/mol. The lowest BCUT2D eigenvalue weighted by Gasteiger charge is -2.13. The van der Waals surface area contributed by atoms with Crippen molar-refractivity contribution in [1.29, 1.82) is 5.26 Å². The van der Waals surface area contributed by atoms with Gasteiger partial charge in [0, 0.05) is 24.1 Å². The number of hydrogen-bond acceptors (Lipinski definition) is 6. The van der Waals surface area contributed by atoms with Gasteiger partial charge in [0.1, 0.15) is 12.4 Å². The Morgan fingerprint density at radius 2 is 2.03 bits per heavy atom. The van der Waals surface area contributed by atoms with Crippen LogP contribution in [0.5, 0.6) is 0 Å². The Hall–Kier alpha value is -4.00. The van der Waals surface area contributed by atoms with Crippen LogP contribution in [0, 0.1) is 24.2 Å². The first-order valence-corrected chi connectivity index (χ1v) is 9.73. The summed E-state index contributed by atoms with van der Waals surface area (Å²) in [6.07, 6.45) is 1.97. The molecule has 1 heterocycles. The molecule has 2 aromatic rings. The third kappa shape index (κ3) is 5.76. The Bertz CT molecular complexity index is 1140. The molecule has 0 unspecified atom stereocenters. The lowest BCUT2D eigenvalue weighted by molar-refractivity contribution is -0.125. The molecule has 3 amide bonds. The van der Waals surface area contributed by atoms with Crippen molar-refractivity contribution >= 4 is 23.4 Å². The summed E-state index contributed by atoms with van der Waals surface area (Å²) >= 11 is 0. The zero-order valence-electron chi connectivity index (χ0n) is 17.0. The van der Waals surface area contributed by atoms with Crippen molar-refractivity contribution in [2.24, 2.45) is 11.7 Å². The fourth-order valence-corrected chi connectivity index (χ4v) is 3.04. The Morgan fingerprint density at radius 3 is 2.65 bits per heavy atom. The van der Waals surface area contributed by atoms with E-state index in [0.717, 1.165) is 18.4 Å². The fraction of sp³-hybridized carbons (Fsp3) is 0.333. The molecule has 1 saturated carbocycles. The van der Waals surface area contributed by atoms with Gasteiger partial charge < -0.3 is 16.4 Å². The summed E-state index contributed by atoms with van der Waals surface area (Å²) in [4.78, 5) is 51.8. The second-order valence-electron chi connectivity index (χ2n) is 7.39. The number of hydrogen-bond donors (Lipinski definition) is 3. The first kappa shape index (κ1) is 21.7. The lowest BCUT2D eigenvalue weighted by atomic mass is 10.0. The van der Waals surface area contributed by atoms with Gasteiger partial charge in [-0.15, -0.1) is 0 Å². The van der Waals surface area contributed by atoms with Crippen LogP contribution in [0.1, 0.15) is 35.5 Å². The normalized spacial score (nSPS) is 12.6. The third-order valence-electron chi connectivity index (χ3n) is 4.83. The van der Waals surface area contributed by atoms with E-state index < -0.39 is 17.4 Å². The van der Waals surface area contributed by atoms with Crippen LogP contribution in [-0.2, 0) is 27.3 Å². The van der Waals surface area contributed by atoms with Gasteiger partial charge in [-0.05, 0) is 37.5 Å². The van der Waals surface area contributed by atoms with Crippen LogP contribution < -0.4 is 21.9 Å². The number of aryl methyl sites for hydroxylation is 1. The van der Waals surface area contributed by atoms with Gasteiger partial charge in [-0.1, -0.05) is 6.07 Å². The first-order valence-electron chi connectivity index (χ1n) is 9.73. The predicted molar refractivity (Wildman–Crippen MR) is 111 cm³/mol. The van der Waals surface area contributed by atoms with E-state index in [1.165, 1.54) is 10.6 Å². The largest absolute Gasteiger partial charge is 0.368 e. The summed E-state index contributed by atoms with van der Waals surface area (Å²) in [6, 6.07) is 8.33. The van der Waals surface area contributed by atoms with E-state index in [1.807, 2.05) is 0 Å². The molecule has 0 spiro atoms. The predicted octanol–water partition coefficient (Wildman–Crippen LogP) is -0.0358. The van der Waals surface area contributed by atoms with Crippen molar-refractivity contribution in [2.75, 3.05) is 11.9 Å². The van der Waals surface area contributed by atoms with Crippen molar-refractivity contribution in [3.63, 3.8) is 0 Å². The topological polar surface area (TPSA) is 160 Å². The maximum absolute atomic E-state index is 12.5. The van der Waals surface area contributed by atoms with Crippen LogP contribution in [0.4, 0.5) is 5.69 Å². The smallest absolute Gasteiger partial charge is 0.254 e. The minimum Gasteiger partial charge on any atom is -0.368 e. The third-order valence-corrected chi connectivity index (χ3v) is 4.83. The number of nitrogens with zero attached hydrogens (tertiary/aromatic N) is 3. The number of carbonyl (C=O) groups excluding carboxylic acids is 3. The SMILES string of the molecule is Cc1nc(Cc2ccc(C#N)cc2NC(=O)C2CC2)cc(=O)n1CC(=O)NCC(N)=O. The van der Waals surface area contributed by atoms with Crippen LogP contribution in [0.25, 0.3) is 0 Å². The highest BCUT2D eigenvalue weighted by atomic mass is 16.2. The Morgan fingerprint density at radius 1 is 1.29 bits per heavy atom. The molecule has 0 aliphatic heterocycles. The molecule has 0 atom stereocenters. The van der Waals surface area contributed by atoms with Gasteiger partial charge >= 0.3 is 0 Å². The molecule has 0 bridgehead atoms. The molecule has 1 aromatic carbocycles. The first-order chi connectivity index (χ1) is 14.8. The number of nitriles is 1. The molecule has 1 aliphatic carbocycles. The fourth-order valence-electron chi connectivity index (χ4n) is 3.04. The van der Waals surface area contributed by atoms with E-state index in [-0.39, 0.29) is 31.3 Å². The molecule has 10 nitrogen and oxygen atoms in total. The molecule has 3 rings (SSSR count). The lowest BCUT2D eigenvalue weighted by Crippen LogP contribution is -2.38. The van der Waals surface area contributed by atoms with Crippen LogP contribution in [-0.4, -0.2) is 33.8 Å². The zero-order chi connectivity index (χ0) is 22.5. The molecule has 1 fully saturated rings. The summed E-state index contributed by atoms with van der Waals surface area (Å²) in [5.41, 5.74) is 6.68. The molecule has 4 N–H and O–H groups in total. The van der Waals surface area contributed by atoms with Crippen molar-refractivity contribution in [2.45, 2.75) is 32.7 Å². The number of anilines is 1. The molecule has 10 heteroatoms. The minimum absolute atomic E-state index is 0.00333. The van der Waals surface area contributed by atoms with Gasteiger partial charge in [0.05, 0.1) is 23.9 Å². The quantitative estimate of drug-likeness (QED) is 0.541. The number of nitrogens with one attached hydrogen (secondary N) is 2. The number of aromatic nitrogens is 2. The minimum atomic E-state index is -0.683. The van der Waals surface area contributed by atoms with Gasteiger partial charge in [-0.2, -0.15) is 5.26 Å². The van der Waals surface area contributed by atoms with E-state index in [9.17, 15) is 19.2 Å². The second-order valence-corrected chi connectivity index (χ2v) is 7.39. The molecule has 1 aliphatic rings. The average molecular weight is 422 g/mol. The number of amides is 3. The maximum Gasteiger partial charge on any atom is 0.254 e. The van der Waals surface area contributed by atoms with Crippen LogP contribution in [0.3, 0.4) is 0 Å². The van der Waals surface area contributed by atoms with E-state index in [0.29, 0.717) is 22.8 Å². The van der Waals surface area contributed by atoms with Crippen LogP contribution >= 0.6 is 0 Å². The van der Waals surface area contributed by atoms with Crippen LogP contribution in [0.2, 0.25) is 0 Å². The number of nitrogens with two attached hydrogens (primary N) is 1. The number of primary amides is 1. The second kappa shape index (κ2) is 9.21. The highest BCUT2D eigenvalue weighted by Gasteiger charge is 2.30. The molecule has 31 heavy (non-hydrogen) atoms. The monoisotopic (exact) mass is 422 g/mol. The van der Waals surface area contributed by atoms with Gasteiger partial charge in [0.2, 0.25) is 17.7 Å². The van der Waals surface area contributed by atoms with Crippen molar-refractivity contribution < 1.29 is 14.4 Å². The van der Waals surface area contributed by atoms with E-state index >= 15 is 0 Å². The number of carbonyl (C=O) groups is 3. The van der Waals surface area contributed by atoms with Crippen molar-refractivity contribution in [1.82, 2.24) is 14.9 Å². The van der Waals surface area contributed by atoms with E-state index in [1.54, 1.807) is 25.1 Å². The summed E-state index contributed by atoms with van der Waals surface area (Å²) < 4.78 is 1.19. The number of benzene rings is 1. The standard InChI is InChI=1S/C21H22N6O4/c1-12-25-16(8-20(30)27(12)11-19(29)24-10-18(23)28)7-15-3-2-13(9-22)6-17(15)26-21(31)14-4-5-14/h2-3,6,8,14H,4-5,7,10-11H2,1H3,(H2,23,28)(H,24,29)(H,26,31). The maximum atomic E-state index is 12.5. The number of rotatable bonds is 8. The summed E-state index contributed by atoms with van der Waals surface area (Å²) in [6.45, 7) is 0.998. The van der Waals surface area contributed by atoms with Crippen molar-refractivity contribution in [3.05, 3.63) is 57.3 Å². The zero-order valence-corrected chi connectivity index (χ0v) is 17.0. The summed E-state index contributed by atoms with van der Waals surface area (Å²) in [5.74, 6) is -0.969. The Balaban J connectivity index is 1.80. The van der Waals surface area contributed by atoms with Crippen LogP contribution in [0.15, 0.2) is 29.1 Å².